The highest BCUT2D eigenvalue weighted by Gasteiger charge is 2.30. The average molecular weight is 301 g/mol. The standard InChI is InChI=1S/C16H23N5O/c1-12(2)21-9-14(8-18-21)16(22)19-6-4-13(3)15(10-19)20-7-5-17-11-20/h5,7-9,11-13,15H,4,6,10H2,1-3H3. The van der Waals surface area contributed by atoms with Gasteiger partial charge in [0.15, 0.2) is 0 Å². The normalized spacial score (nSPS) is 22.3. The minimum atomic E-state index is 0.0731. The van der Waals surface area contributed by atoms with Crippen LogP contribution in [0, 0.1) is 5.92 Å². The number of imidazole rings is 1. The molecular weight excluding hydrogens is 278 g/mol. The molecule has 1 saturated heterocycles. The second kappa shape index (κ2) is 5.94. The number of amides is 1. The fourth-order valence-corrected chi connectivity index (χ4v) is 3.00. The Morgan fingerprint density at radius 2 is 2.23 bits per heavy atom. The minimum Gasteiger partial charge on any atom is -0.336 e. The Kier molecular flexibility index (Phi) is 4.00. The molecule has 2 aromatic heterocycles. The third kappa shape index (κ3) is 2.77. The summed E-state index contributed by atoms with van der Waals surface area (Å²) in [5.41, 5.74) is 0.674. The van der Waals surface area contributed by atoms with Gasteiger partial charge in [0.25, 0.3) is 5.91 Å². The Bertz CT molecular complexity index is 631. The number of hydrogen-bond acceptors (Lipinski definition) is 3. The van der Waals surface area contributed by atoms with Crippen LogP contribution in [0.25, 0.3) is 0 Å². The molecule has 22 heavy (non-hydrogen) atoms. The molecule has 0 saturated carbocycles. The molecule has 3 heterocycles. The smallest absolute Gasteiger partial charge is 0.257 e. The van der Waals surface area contributed by atoms with E-state index in [0.717, 1.165) is 19.5 Å². The van der Waals surface area contributed by atoms with Crippen molar-refractivity contribution in [1.82, 2.24) is 24.2 Å². The predicted molar refractivity (Wildman–Crippen MR) is 83.6 cm³/mol. The van der Waals surface area contributed by atoms with E-state index >= 15 is 0 Å². The lowest BCUT2D eigenvalue weighted by atomic mass is 9.93. The number of carbonyl (C=O) groups excluding carboxylic acids is 1. The van der Waals surface area contributed by atoms with Gasteiger partial charge < -0.3 is 9.47 Å². The molecule has 0 aliphatic carbocycles. The van der Waals surface area contributed by atoms with Crippen LogP contribution < -0.4 is 0 Å². The fraction of sp³-hybridized carbons (Fsp3) is 0.562. The van der Waals surface area contributed by atoms with Crippen molar-refractivity contribution in [3.63, 3.8) is 0 Å². The first-order chi connectivity index (χ1) is 10.6. The lowest BCUT2D eigenvalue weighted by Crippen LogP contribution is -2.43. The monoisotopic (exact) mass is 301 g/mol. The van der Waals surface area contributed by atoms with Crippen molar-refractivity contribution in [3.05, 3.63) is 36.7 Å². The number of piperidine rings is 1. The molecule has 0 aromatic carbocycles. The average Bonchev–Trinajstić information content (AvgIpc) is 3.18. The zero-order chi connectivity index (χ0) is 15.7. The maximum atomic E-state index is 12.7. The molecular formula is C16H23N5O. The fourth-order valence-electron chi connectivity index (χ4n) is 3.00. The van der Waals surface area contributed by atoms with E-state index in [-0.39, 0.29) is 11.9 Å². The van der Waals surface area contributed by atoms with E-state index in [1.807, 2.05) is 28.3 Å². The van der Waals surface area contributed by atoms with Crippen molar-refractivity contribution >= 4 is 5.91 Å². The summed E-state index contributed by atoms with van der Waals surface area (Å²) >= 11 is 0. The van der Waals surface area contributed by atoms with Gasteiger partial charge in [0.05, 0.1) is 24.1 Å². The van der Waals surface area contributed by atoms with Crippen LogP contribution in [0.1, 0.15) is 49.6 Å². The highest BCUT2D eigenvalue weighted by molar-refractivity contribution is 5.93. The third-order valence-corrected chi connectivity index (χ3v) is 4.49. The van der Waals surface area contributed by atoms with Gasteiger partial charge in [-0.2, -0.15) is 5.10 Å². The first-order valence-corrected chi connectivity index (χ1v) is 7.87. The molecule has 0 spiro atoms. The minimum absolute atomic E-state index is 0.0731. The van der Waals surface area contributed by atoms with Crippen LogP contribution in [0.3, 0.4) is 0 Å². The van der Waals surface area contributed by atoms with Gasteiger partial charge in [-0.25, -0.2) is 4.98 Å². The molecule has 2 aromatic rings. The lowest BCUT2D eigenvalue weighted by Gasteiger charge is -2.37. The molecule has 1 aliphatic heterocycles. The van der Waals surface area contributed by atoms with E-state index in [0.29, 0.717) is 17.5 Å². The first-order valence-electron chi connectivity index (χ1n) is 7.87. The Morgan fingerprint density at radius 1 is 1.41 bits per heavy atom. The zero-order valence-electron chi connectivity index (χ0n) is 13.4. The van der Waals surface area contributed by atoms with Crippen LogP contribution in [0.15, 0.2) is 31.1 Å². The van der Waals surface area contributed by atoms with E-state index < -0.39 is 0 Å². The summed E-state index contributed by atoms with van der Waals surface area (Å²) in [4.78, 5) is 18.8. The maximum Gasteiger partial charge on any atom is 0.257 e. The summed E-state index contributed by atoms with van der Waals surface area (Å²) in [7, 11) is 0. The van der Waals surface area contributed by atoms with Gasteiger partial charge in [-0.1, -0.05) is 6.92 Å². The molecule has 1 aliphatic rings. The second-order valence-electron chi connectivity index (χ2n) is 6.40. The van der Waals surface area contributed by atoms with Crippen molar-refractivity contribution in [2.75, 3.05) is 13.1 Å². The molecule has 0 N–H and O–H groups in total. The second-order valence-corrected chi connectivity index (χ2v) is 6.40. The number of aromatic nitrogens is 4. The lowest BCUT2D eigenvalue weighted by molar-refractivity contribution is 0.0621. The first kappa shape index (κ1) is 14.8. The van der Waals surface area contributed by atoms with Crippen LogP contribution in [-0.4, -0.2) is 43.2 Å². The van der Waals surface area contributed by atoms with Gasteiger partial charge in [0.1, 0.15) is 0 Å². The third-order valence-electron chi connectivity index (χ3n) is 4.49. The van der Waals surface area contributed by atoms with Crippen molar-refractivity contribution in [3.8, 4) is 0 Å². The van der Waals surface area contributed by atoms with E-state index in [4.69, 9.17) is 0 Å². The van der Waals surface area contributed by atoms with E-state index in [2.05, 4.69) is 35.4 Å². The largest absolute Gasteiger partial charge is 0.336 e. The van der Waals surface area contributed by atoms with Crippen LogP contribution in [0.5, 0.6) is 0 Å². The van der Waals surface area contributed by atoms with Gasteiger partial charge in [0, 0.05) is 37.7 Å². The SMILES string of the molecule is CC1CCN(C(=O)c2cnn(C(C)C)c2)CC1n1ccnc1. The topological polar surface area (TPSA) is 56.0 Å². The molecule has 1 fully saturated rings. The van der Waals surface area contributed by atoms with Crippen molar-refractivity contribution < 1.29 is 4.79 Å². The highest BCUT2D eigenvalue weighted by Crippen LogP contribution is 2.28. The van der Waals surface area contributed by atoms with E-state index in [9.17, 15) is 4.79 Å². The predicted octanol–water partition coefficient (Wildman–Crippen LogP) is 2.38. The highest BCUT2D eigenvalue weighted by atomic mass is 16.2. The Labute approximate surface area is 130 Å². The molecule has 0 bridgehead atoms. The molecule has 3 rings (SSSR count). The number of likely N-dealkylation sites (tertiary alicyclic amines) is 1. The Morgan fingerprint density at radius 3 is 2.86 bits per heavy atom. The van der Waals surface area contributed by atoms with Gasteiger partial charge in [-0.05, 0) is 26.2 Å². The van der Waals surface area contributed by atoms with Crippen molar-refractivity contribution in [1.29, 1.82) is 0 Å². The van der Waals surface area contributed by atoms with Gasteiger partial charge >= 0.3 is 0 Å². The van der Waals surface area contributed by atoms with E-state index in [1.165, 1.54) is 0 Å². The van der Waals surface area contributed by atoms with Gasteiger partial charge in [-0.15, -0.1) is 0 Å². The van der Waals surface area contributed by atoms with Gasteiger partial charge in [0.2, 0.25) is 0 Å². The summed E-state index contributed by atoms with van der Waals surface area (Å²) in [6.45, 7) is 7.88. The number of hydrogen-bond donors (Lipinski definition) is 0. The van der Waals surface area contributed by atoms with Crippen LogP contribution in [-0.2, 0) is 0 Å². The molecule has 6 heteroatoms. The van der Waals surface area contributed by atoms with Crippen LogP contribution >= 0.6 is 0 Å². The van der Waals surface area contributed by atoms with Crippen LogP contribution in [0.2, 0.25) is 0 Å². The van der Waals surface area contributed by atoms with Crippen molar-refractivity contribution in [2.24, 2.45) is 5.92 Å². The van der Waals surface area contributed by atoms with E-state index in [1.54, 1.807) is 12.4 Å². The summed E-state index contributed by atoms with van der Waals surface area (Å²) in [5.74, 6) is 0.612. The molecule has 1 amide bonds. The molecule has 0 radical (unpaired) electrons. The maximum absolute atomic E-state index is 12.7. The summed E-state index contributed by atoms with van der Waals surface area (Å²) in [6.07, 6.45) is 10.1. The number of nitrogens with zero attached hydrogens (tertiary/aromatic N) is 5. The zero-order valence-corrected chi connectivity index (χ0v) is 13.4. The molecule has 2 atom stereocenters. The molecule has 118 valence electrons. The van der Waals surface area contributed by atoms with Gasteiger partial charge in [-0.3, -0.25) is 9.48 Å². The number of carbonyl (C=O) groups is 1. The number of rotatable bonds is 3. The Hall–Kier alpha value is -2.11. The quantitative estimate of drug-likeness (QED) is 0.874. The summed E-state index contributed by atoms with van der Waals surface area (Å²) < 4.78 is 3.94. The summed E-state index contributed by atoms with van der Waals surface area (Å²) in [5, 5.41) is 4.27. The van der Waals surface area contributed by atoms with Crippen LogP contribution in [0.4, 0.5) is 0 Å². The Balaban J connectivity index is 1.75. The molecule has 6 nitrogen and oxygen atoms in total. The summed E-state index contributed by atoms with van der Waals surface area (Å²) in [6, 6.07) is 0.557. The van der Waals surface area contributed by atoms with Crippen molar-refractivity contribution in [2.45, 2.75) is 39.3 Å². The molecule has 2 unspecified atom stereocenters.